The number of pyridine rings is 2. The summed E-state index contributed by atoms with van der Waals surface area (Å²) in [6.45, 7) is 10.9. The van der Waals surface area contributed by atoms with E-state index in [1.807, 2.05) is 42.9 Å². The molecule has 2 aliphatic rings. The average Bonchev–Trinajstić information content (AvgIpc) is 3.30. The lowest BCUT2D eigenvalue weighted by Gasteiger charge is -2.38. The molecule has 0 spiro atoms. The average molecular weight is 420 g/mol. The molecule has 2 amide bonds. The topological polar surface area (TPSA) is 77.8 Å². The third-order valence-corrected chi connectivity index (χ3v) is 6.10. The Morgan fingerprint density at radius 3 is 2.74 bits per heavy atom. The molecule has 5 rings (SSSR count). The maximum atomic E-state index is 13.1. The lowest BCUT2D eigenvalue weighted by molar-refractivity contribution is 0.257. The molecule has 2 N–H and O–H groups in total. The smallest absolute Gasteiger partial charge is 0.327 e. The first-order chi connectivity index (χ1) is 14.9. The zero-order valence-corrected chi connectivity index (χ0v) is 18.5. The molecule has 2 atom stereocenters. The maximum absolute atomic E-state index is 13.1. The number of hydrogen-bond donors (Lipinski definition) is 2. The van der Waals surface area contributed by atoms with E-state index in [2.05, 4.69) is 45.4 Å². The SMILES string of the molecule is Cc1cn2cc(NC(=O)N3CCc4c(N5C[C@@H](C)N[C@@H](C)C5)ccnc43)cc(C)c2n1. The van der Waals surface area contributed by atoms with Gasteiger partial charge in [-0.2, -0.15) is 0 Å². The fourth-order valence-corrected chi connectivity index (χ4v) is 4.94. The molecule has 31 heavy (non-hydrogen) atoms. The van der Waals surface area contributed by atoms with Crippen LogP contribution in [0.25, 0.3) is 5.65 Å². The second-order valence-corrected chi connectivity index (χ2v) is 8.86. The quantitative estimate of drug-likeness (QED) is 0.667. The van der Waals surface area contributed by atoms with Crippen LogP contribution < -0.4 is 20.4 Å². The van der Waals surface area contributed by atoms with E-state index in [-0.39, 0.29) is 6.03 Å². The maximum Gasteiger partial charge on any atom is 0.327 e. The van der Waals surface area contributed by atoms with Crippen molar-refractivity contribution >= 4 is 28.9 Å². The predicted octanol–water partition coefficient (Wildman–Crippen LogP) is 3.13. The second kappa shape index (κ2) is 7.53. The highest BCUT2D eigenvalue weighted by Gasteiger charge is 2.31. The van der Waals surface area contributed by atoms with E-state index >= 15 is 0 Å². The first-order valence-electron chi connectivity index (χ1n) is 10.9. The van der Waals surface area contributed by atoms with Crippen molar-refractivity contribution < 1.29 is 4.79 Å². The molecule has 0 aliphatic carbocycles. The number of aromatic nitrogens is 3. The molecule has 5 heterocycles. The van der Waals surface area contributed by atoms with Gasteiger partial charge in [-0.1, -0.05) is 0 Å². The summed E-state index contributed by atoms with van der Waals surface area (Å²) in [5.74, 6) is 0.769. The second-order valence-electron chi connectivity index (χ2n) is 8.86. The summed E-state index contributed by atoms with van der Waals surface area (Å²) in [5.41, 5.74) is 6.00. The number of fused-ring (bicyclic) bond motifs is 2. The van der Waals surface area contributed by atoms with E-state index in [0.717, 1.165) is 53.5 Å². The Kier molecular flexibility index (Phi) is 4.81. The lowest BCUT2D eigenvalue weighted by Crippen LogP contribution is -2.54. The third kappa shape index (κ3) is 3.61. The van der Waals surface area contributed by atoms with E-state index in [9.17, 15) is 4.79 Å². The van der Waals surface area contributed by atoms with Crippen LogP contribution >= 0.6 is 0 Å². The summed E-state index contributed by atoms with van der Waals surface area (Å²) in [5, 5.41) is 6.64. The van der Waals surface area contributed by atoms with Crippen LogP contribution in [0.1, 0.15) is 30.7 Å². The summed E-state index contributed by atoms with van der Waals surface area (Å²) in [7, 11) is 0. The Morgan fingerprint density at radius 1 is 1.19 bits per heavy atom. The number of carbonyl (C=O) groups is 1. The Bertz CT molecular complexity index is 1140. The summed E-state index contributed by atoms with van der Waals surface area (Å²) in [4.78, 5) is 26.4. The molecule has 1 fully saturated rings. The predicted molar refractivity (Wildman–Crippen MR) is 123 cm³/mol. The minimum atomic E-state index is -0.152. The summed E-state index contributed by atoms with van der Waals surface area (Å²) in [6, 6.07) is 4.76. The number of carbonyl (C=O) groups excluding carboxylic acids is 1. The summed E-state index contributed by atoms with van der Waals surface area (Å²) < 4.78 is 1.96. The van der Waals surface area contributed by atoms with Gasteiger partial charge in [0.2, 0.25) is 0 Å². The van der Waals surface area contributed by atoms with Crippen LogP contribution in [0.3, 0.4) is 0 Å². The van der Waals surface area contributed by atoms with E-state index in [4.69, 9.17) is 0 Å². The number of rotatable bonds is 2. The number of urea groups is 1. The van der Waals surface area contributed by atoms with Crippen LogP contribution in [-0.4, -0.2) is 52.1 Å². The molecule has 0 aromatic carbocycles. The van der Waals surface area contributed by atoms with E-state index in [1.54, 1.807) is 4.90 Å². The van der Waals surface area contributed by atoms with Gasteiger partial charge in [0.05, 0.1) is 11.4 Å². The van der Waals surface area contributed by atoms with Crippen LogP contribution in [-0.2, 0) is 6.42 Å². The van der Waals surface area contributed by atoms with Crippen molar-refractivity contribution in [3.05, 3.63) is 47.5 Å². The van der Waals surface area contributed by atoms with E-state index < -0.39 is 0 Å². The molecule has 0 unspecified atom stereocenters. The molecule has 162 valence electrons. The zero-order valence-electron chi connectivity index (χ0n) is 18.5. The molecule has 8 heteroatoms. The van der Waals surface area contributed by atoms with Crippen molar-refractivity contribution in [2.75, 3.05) is 34.8 Å². The molecule has 1 saturated heterocycles. The molecule has 0 radical (unpaired) electrons. The van der Waals surface area contributed by atoms with E-state index in [1.165, 1.54) is 5.69 Å². The Hall–Kier alpha value is -3.13. The third-order valence-electron chi connectivity index (χ3n) is 6.10. The minimum Gasteiger partial charge on any atom is -0.368 e. The van der Waals surface area contributed by atoms with Gasteiger partial charge in [-0.25, -0.2) is 14.8 Å². The number of amides is 2. The number of nitrogens with one attached hydrogen (secondary N) is 2. The largest absolute Gasteiger partial charge is 0.368 e. The highest BCUT2D eigenvalue weighted by atomic mass is 16.2. The highest BCUT2D eigenvalue weighted by molar-refractivity contribution is 6.03. The number of piperazine rings is 1. The van der Waals surface area contributed by atoms with Crippen molar-refractivity contribution in [3.63, 3.8) is 0 Å². The number of anilines is 3. The number of hydrogen-bond acceptors (Lipinski definition) is 5. The fraction of sp³-hybridized carbons (Fsp3) is 0.435. The van der Waals surface area contributed by atoms with Crippen molar-refractivity contribution in [1.82, 2.24) is 19.7 Å². The molecule has 0 saturated carbocycles. The highest BCUT2D eigenvalue weighted by Crippen LogP contribution is 2.35. The van der Waals surface area contributed by atoms with Crippen molar-refractivity contribution in [2.24, 2.45) is 0 Å². The van der Waals surface area contributed by atoms with Crippen molar-refractivity contribution in [2.45, 2.75) is 46.2 Å². The molecule has 0 bridgehead atoms. The van der Waals surface area contributed by atoms with Gasteiger partial charge in [0.1, 0.15) is 11.5 Å². The van der Waals surface area contributed by atoms with Gasteiger partial charge in [0, 0.05) is 61.6 Å². The van der Waals surface area contributed by atoms with Gasteiger partial charge in [-0.15, -0.1) is 0 Å². The van der Waals surface area contributed by atoms with Gasteiger partial charge < -0.3 is 19.9 Å². The van der Waals surface area contributed by atoms with E-state index in [0.29, 0.717) is 18.6 Å². The minimum absolute atomic E-state index is 0.152. The first kappa shape index (κ1) is 19.8. The lowest BCUT2D eigenvalue weighted by atomic mass is 10.1. The Morgan fingerprint density at radius 2 is 1.97 bits per heavy atom. The number of aryl methyl sites for hydroxylation is 2. The van der Waals surface area contributed by atoms with Crippen LogP contribution in [0.15, 0.2) is 30.7 Å². The molecule has 3 aromatic heterocycles. The van der Waals surface area contributed by atoms with Crippen LogP contribution in [0.5, 0.6) is 0 Å². The fourth-order valence-electron chi connectivity index (χ4n) is 4.94. The molecular weight excluding hydrogens is 390 g/mol. The van der Waals surface area contributed by atoms with Gasteiger partial charge >= 0.3 is 6.03 Å². The number of imidazole rings is 1. The van der Waals surface area contributed by atoms with Crippen LogP contribution in [0.4, 0.5) is 22.0 Å². The number of nitrogens with zero attached hydrogens (tertiary/aromatic N) is 5. The molecule has 2 aliphatic heterocycles. The first-order valence-corrected chi connectivity index (χ1v) is 10.9. The summed E-state index contributed by atoms with van der Waals surface area (Å²) >= 11 is 0. The molecular formula is C23H29N7O. The monoisotopic (exact) mass is 419 g/mol. The molecule has 3 aromatic rings. The van der Waals surface area contributed by atoms with Gasteiger partial charge in [0.25, 0.3) is 0 Å². The standard InChI is InChI=1S/C23H29N7O/c1-14-9-18(13-29-12-17(4)26-21(14)29)27-23(31)30-8-6-19-20(5-7-24-22(19)30)28-10-15(2)25-16(3)11-28/h5,7,9,12-13,15-16,25H,6,8,10-11H2,1-4H3,(H,27,31)/t15-,16+. The van der Waals surface area contributed by atoms with Crippen LogP contribution in [0, 0.1) is 13.8 Å². The Labute approximate surface area is 182 Å². The van der Waals surface area contributed by atoms with Crippen LogP contribution in [0.2, 0.25) is 0 Å². The van der Waals surface area contributed by atoms with Gasteiger partial charge in [-0.3, -0.25) is 4.90 Å². The van der Waals surface area contributed by atoms with Crippen molar-refractivity contribution in [1.29, 1.82) is 0 Å². The van der Waals surface area contributed by atoms with Crippen molar-refractivity contribution in [3.8, 4) is 0 Å². The van der Waals surface area contributed by atoms with Gasteiger partial charge in [0.15, 0.2) is 0 Å². The normalized spacial score (nSPS) is 20.9. The zero-order chi connectivity index (χ0) is 21.7. The summed E-state index contributed by atoms with van der Waals surface area (Å²) in [6.07, 6.45) is 6.51. The molecule has 8 nitrogen and oxygen atoms in total. The Balaban J connectivity index is 1.39. The van der Waals surface area contributed by atoms with Gasteiger partial charge in [-0.05, 0) is 51.8 Å².